The standard InChI is InChI=1S/C17H28N2O2/c1-12(13-9-7-8-10-14(13)21-6)19(5)16(20)11-15(18)17(2,3)4/h7-10,12,15H,11,18H2,1-6H3. The number of ether oxygens (including phenoxy) is 1. The van der Waals surface area contributed by atoms with Gasteiger partial charge in [-0.1, -0.05) is 39.0 Å². The lowest BCUT2D eigenvalue weighted by Gasteiger charge is -2.31. The van der Waals surface area contributed by atoms with E-state index >= 15 is 0 Å². The topological polar surface area (TPSA) is 55.6 Å². The number of benzene rings is 1. The van der Waals surface area contributed by atoms with E-state index in [9.17, 15) is 4.79 Å². The molecule has 2 unspecified atom stereocenters. The molecule has 2 atom stereocenters. The quantitative estimate of drug-likeness (QED) is 0.907. The Morgan fingerprint density at radius 1 is 1.33 bits per heavy atom. The van der Waals surface area contributed by atoms with Crippen LogP contribution in [0.2, 0.25) is 0 Å². The van der Waals surface area contributed by atoms with Gasteiger partial charge in [0.25, 0.3) is 0 Å². The second-order valence-electron chi connectivity index (χ2n) is 6.60. The number of carbonyl (C=O) groups excluding carboxylic acids is 1. The lowest BCUT2D eigenvalue weighted by molar-refractivity contribution is -0.132. The molecular weight excluding hydrogens is 264 g/mol. The maximum absolute atomic E-state index is 12.4. The Morgan fingerprint density at radius 2 is 1.90 bits per heavy atom. The fourth-order valence-corrected chi connectivity index (χ4v) is 2.07. The van der Waals surface area contributed by atoms with Crippen LogP contribution in [-0.2, 0) is 4.79 Å². The second-order valence-corrected chi connectivity index (χ2v) is 6.60. The minimum atomic E-state index is -0.155. The van der Waals surface area contributed by atoms with Crippen molar-refractivity contribution in [3.05, 3.63) is 29.8 Å². The van der Waals surface area contributed by atoms with Crippen molar-refractivity contribution in [3.63, 3.8) is 0 Å². The van der Waals surface area contributed by atoms with Crippen LogP contribution in [-0.4, -0.2) is 31.0 Å². The largest absolute Gasteiger partial charge is 0.496 e. The highest BCUT2D eigenvalue weighted by molar-refractivity contribution is 5.77. The van der Waals surface area contributed by atoms with Crippen LogP contribution in [0, 0.1) is 5.41 Å². The monoisotopic (exact) mass is 292 g/mol. The summed E-state index contributed by atoms with van der Waals surface area (Å²) in [6.07, 6.45) is 0.347. The van der Waals surface area contributed by atoms with Crippen molar-refractivity contribution in [2.24, 2.45) is 11.1 Å². The van der Waals surface area contributed by atoms with Crippen molar-refractivity contribution < 1.29 is 9.53 Å². The molecule has 4 heteroatoms. The Kier molecular flexibility index (Phi) is 5.78. The molecule has 0 saturated heterocycles. The number of nitrogens with zero attached hydrogens (tertiary/aromatic N) is 1. The van der Waals surface area contributed by atoms with E-state index in [1.165, 1.54) is 0 Å². The van der Waals surface area contributed by atoms with Gasteiger partial charge in [-0.3, -0.25) is 4.79 Å². The van der Waals surface area contributed by atoms with Crippen molar-refractivity contribution in [1.29, 1.82) is 0 Å². The molecule has 1 amide bonds. The van der Waals surface area contributed by atoms with Crippen molar-refractivity contribution in [3.8, 4) is 5.75 Å². The van der Waals surface area contributed by atoms with Gasteiger partial charge in [0, 0.05) is 25.1 Å². The maximum atomic E-state index is 12.4. The molecule has 2 N–H and O–H groups in total. The van der Waals surface area contributed by atoms with Gasteiger partial charge in [0.1, 0.15) is 5.75 Å². The molecule has 1 aromatic carbocycles. The fourth-order valence-electron chi connectivity index (χ4n) is 2.07. The number of para-hydroxylation sites is 1. The van der Waals surface area contributed by atoms with Crippen LogP contribution in [0.25, 0.3) is 0 Å². The summed E-state index contributed by atoms with van der Waals surface area (Å²) in [6.45, 7) is 8.15. The molecule has 0 fully saturated rings. The van der Waals surface area contributed by atoms with Gasteiger partial charge in [0.05, 0.1) is 13.2 Å². The third-order valence-corrected chi connectivity index (χ3v) is 4.07. The number of amides is 1. The van der Waals surface area contributed by atoms with Gasteiger partial charge >= 0.3 is 0 Å². The number of hydrogen-bond acceptors (Lipinski definition) is 3. The molecule has 4 nitrogen and oxygen atoms in total. The van der Waals surface area contributed by atoms with Crippen LogP contribution in [0.15, 0.2) is 24.3 Å². The average molecular weight is 292 g/mol. The highest BCUT2D eigenvalue weighted by Gasteiger charge is 2.27. The Balaban J connectivity index is 2.82. The lowest BCUT2D eigenvalue weighted by atomic mass is 9.85. The van der Waals surface area contributed by atoms with Gasteiger partial charge in [-0.2, -0.15) is 0 Å². The van der Waals surface area contributed by atoms with Crippen LogP contribution >= 0.6 is 0 Å². The van der Waals surface area contributed by atoms with E-state index in [1.54, 1.807) is 12.0 Å². The second kappa shape index (κ2) is 6.94. The molecule has 0 aliphatic carbocycles. The zero-order valence-corrected chi connectivity index (χ0v) is 14.0. The zero-order chi connectivity index (χ0) is 16.2. The fraction of sp³-hybridized carbons (Fsp3) is 0.588. The first kappa shape index (κ1) is 17.5. The molecule has 0 aliphatic rings. The summed E-state index contributed by atoms with van der Waals surface area (Å²) in [5.41, 5.74) is 7.03. The molecule has 0 spiro atoms. The molecule has 0 radical (unpaired) electrons. The van der Waals surface area contributed by atoms with Gasteiger partial charge in [-0.15, -0.1) is 0 Å². The molecule has 0 aromatic heterocycles. The molecule has 0 saturated carbocycles. The normalized spacial score (nSPS) is 14.4. The minimum absolute atomic E-state index is 0.0517. The van der Waals surface area contributed by atoms with E-state index in [0.717, 1.165) is 11.3 Å². The predicted octanol–water partition coefficient (Wildman–Crippen LogP) is 2.98. The number of hydrogen-bond donors (Lipinski definition) is 1. The van der Waals surface area contributed by atoms with E-state index in [0.29, 0.717) is 6.42 Å². The summed E-state index contributed by atoms with van der Waals surface area (Å²) in [7, 11) is 3.46. The van der Waals surface area contributed by atoms with Gasteiger partial charge in [0.2, 0.25) is 5.91 Å². The number of rotatable bonds is 5. The van der Waals surface area contributed by atoms with Crippen molar-refractivity contribution >= 4 is 5.91 Å². The Morgan fingerprint density at radius 3 is 2.43 bits per heavy atom. The SMILES string of the molecule is COc1ccccc1C(C)N(C)C(=O)CC(N)C(C)(C)C. The summed E-state index contributed by atoms with van der Waals surface area (Å²) in [4.78, 5) is 14.2. The molecule has 1 rings (SSSR count). The van der Waals surface area contributed by atoms with Gasteiger partial charge in [-0.05, 0) is 18.4 Å². The lowest BCUT2D eigenvalue weighted by Crippen LogP contribution is -2.41. The van der Waals surface area contributed by atoms with Crippen LogP contribution in [0.3, 0.4) is 0 Å². The third-order valence-electron chi connectivity index (χ3n) is 4.07. The summed E-state index contributed by atoms with van der Waals surface area (Å²) in [6, 6.07) is 7.56. The van der Waals surface area contributed by atoms with Crippen LogP contribution in [0.5, 0.6) is 5.75 Å². The molecule has 21 heavy (non-hydrogen) atoms. The summed E-state index contributed by atoms with van der Waals surface area (Å²) in [5, 5.41) is 0. The van der Waals surface area contributed by atoms with E-state index < -0.39 is 0 Å². The molecule has 118 valence electrons. The Hall–Kier alpha value is -1.55. The highest BCUT2D eigenvalue weighted by Crippen LogP contribution is 2.29. The van der Waals surface area contributed by atoms with E-state index in [-0.39, 0.29) is 23.4 Å². The van der Waals surface area contributed by atoms with Crippen LogP contribution < -0.4 is 10.5 Å². The highest BCUT2D eigenvalue weighted by atomic mass is 16.5. The van der Waals surface area contributed by atoms with Crippen molar-refractivity contribution in [2.75, 3.05) is 14.2 Å². The van der Waals surface area contributed by atoms with E-state index in [2.05, 4.69) is 20.8 Å². The third kappa shape index (κ3) is 4.46. The van der Waals surface area contributed by atoms with E-state index in [1.807, 2.05) is 38.2 Å². The van der Waals surface area contributed by atoms with Gasteiger partial charge in [0.15, 0.2) is 0 Å². The number of methoxy groups -OCH3 is 1. The molecule has 0 aliphatic heterocycles. The Labute approximate surface area is 128 Å². The summed E-state index contributed by atoms with van der Waals surface area (Å²) in [5.74, 6) is 0.848. The number of nitrogens with two attached hydrogens (primary N) is 1. The first-order valence-electron chi connectivity index (χ1n) is 7.32. The zero-order valence-electron chi connectivity index (χ0n) is 14.0. The van der Waals surface area contributed by atoms with Gasteiger partial charge < -0.3 is 15.4 Å². The van der Waals surface area contributed by atoms with Crippen LogP contribution in [0.4, 0.5) is 0 Å². The molecule has 0 heterocycles. The smallest absolute Gasteiger partial charge is 0.224 e. The maximum Gasteiger partial charge on any atom is 0.224 e. The predicted molar refractivity (Wildman–Crippen MR) is 86.2 cm³/mol. The van der Waals surface area contributed by atoms with Gasteiger partial charge in [-0.25, -0.2) is 0 Å². The first-order chi connectivity index (χ1) is 9.68. The minimum Gasteiger partial charge on any atom is -0.496 e. The molecule has 1 aromatic rings. The van der Waals surface area contributed by atoms with Crippen molar-refractivity contribution in [2.45, 2.75) is 46.2 Å². The number of carbonyl (C=O) groups is 1. The molecule has 0 bridgehead atoms. The Bertz CT molecular complexity index is 480. The van der Waals surface area contributed by atoms with Crippen molar-refractivity contribution in [1.82, 2.24) is 4.90 Å². The molecular formula is C17H28N2O2. The average Bonchev–Trinajstić information content (AvgIpc) is 2.44. The summed E-state index contributed by atoms with van der Waals surface area (Å²) < 4.78 is 5.37. The summed E-state index contributed by atoms with van der Waals surface area (Å²) >= 11 is 0. The first-order valence-corrected chi connectivity index (χ1v) is 7.32. The van der Waals surface area contributed by atoms with E-state index in [4.69, 9.17) is 10.5 Å². The van der Waals surface area contributed by atoms with Crippen LogP contribution in [0.1, 0.15) is 45.7 Å².